The van der Waals surface area contributed by atoms with Crippen LogP contribution in [0.25, 0.3) is 11.2 Å². The van der Waals surface area contributed by atoms with Gasteiger partial charge < -0.3 is 19.8 Å². The number of nitrogen functional groups attached to an aromatic ring is 1. The number of hydrogen-bond donors (Lipinski definition) is 3. The Morgan fingerprint density at radius 2 is 1.97 bits per heavy atom. The lowest BCUT2D eigenvalue weighted by Crippen LogP contribution is -2.49. The molecule has 0 aliphatic rings. The summed E-state index contributed by atoms with van der Waals surface area (Å²) in [4.78, 5) is 37.9. The first-order chi connectivity index (χ1) is 17.5. The van der Waals surface area contributed by atoms with Gasteiger partial charge >= 0.3 is 5.97 Å². The third-order valence-corrected chi connectivity index (χ3v) is 7.56. The molecule has 2 heterocycles. The molecule has 1 aromatic carbocycles. The second-order valence-electron chi connectivity index (χ2n) is 8.97. The number of benzene rings is 1. The monoisotopic (exact) mass is 551 g/mol. The van der Waals surface area contributed by atoms with Crippen molar-refractivity contribution < 1.29 is 23.6 Å². The van der Waals surface area contributed by atoms with Gasteiger partial charge in [0.05, 0.1) is 36.2 Å². The molecular formula is C23H31ClN7O5P. The van der Waals surface area contributed by atoms with E-state index in [0.717, 1.165) is 0 Å². The average molecular weight is 552 g/mol. The van der Waals surface area contributed by atoms with Crippen LogP contribution in [0.15, 0.2) is 36.9 Å². The lowest BCUT2D eigenvalue weighted by Gasteiger charge is -2.31. The summed E-state index contributed by atoms with van der Waals surface area (Å²) in [7, 11) is -3.87. The number of rotatable bonds is 12. The van der Waals surface area contributed by atoms with Crippen LogP contribution in [-0.2, 0) is 25.4 Å². The fraction of sp³-hybridized carbons (Fsp3) is 0.435. The molecule has 0 aliphatic heterocycles. The Kier molecular flexibility index (Phi) is 9.25. The molecule has 0 saturated carbocycles. The smallest absolute Gasteiger partial charge is 0.326 e. The van der Waals surface area contributed by atoms with E-state index >= 15 is 0 Å². The molecule has 0 aliphatic carbocycles. The Hall–Kier alpha value is -3.05. The highest BCUT2D eigenvalue weighted by atomic mass is 35.5. The number of nitrogens with zero attached hydrogens (tertiary/aromatic N) is 4. The van der Waals surface area contributed by atoms with Gasteiger partial charge in [0.1, 0.15) is 23.7 Å². The molecule has 3 rings (SSSR count). The normalized spacial score (nSPS) is 14.2. The highest BCUT2D eigenvalue weighted by Crippen LogP contribution is 2.40. The van der Waals surface area contributed by atoms with Crippen LogP contribution in [0.5, 0.6) is 0 Å². The van der Waals surface area contributed by atoms with E-state index in [2.05, 4.69) is 25.1 Å². The van der Waals surface area contributed by atoms with Crippen LogP contribution >= 0.6 is 19.0 Å². The van der Waals surface area contributed by atoms with Gasteiger partial charge in [-0.05, 0) is 39.3 Å². The molecule has 12 nitrogen and oxygen atoms in total. The number of imidazole rings is 1. The molecule has 14 heteroatoms. The van der Waals surface area contributed by atoms with E-state index in [9.17, 15) is 14.2 Å². The molecule has 37 heavy (non-hydrogen) atoms. The second-order valence-corrected chi connectivity index (χ2v) is 11.6. The molecule has 2 aromatic heterocycles. The molecule has 200 valence electrons. The number of halogens is 1. The van der Waals surface area contributed by atoms with Crippen LogP contribution in [-0.4, -0.2) is 56.0 Å². The molecule has 0 saturated heterocycles. The van der Waals surface area contributed by atoms with Gasteiger partial charge in [0.2, 0.25) is 0 Å². The minimum atomic E-state index is -3.87. The predicted octanol–water partition coefficient (Wildman–Crippen LogP) is 3.37. The van der Waals surface area contributed by atoms with Gasteiger partial charge in [-0.25, -0.2) is 20.0 Å². The van der Waals surface area contributed by atoms with Crippen LogP contribution < -0.4 is 15.9 Å². The van der Waals surface area contributed by atoms with Crippen molar-refractivity contribution in [1.82, 2.24) is 29.7 Å². The van der Waals surface area contributed by atoms with E-state index < -0.39 is 37.3 Å². The van der Waals surface area contributed by atoms with Gasteiger partial charge in [-0.2, -0.15) is 0 Å². The summed E-state index contributed by atoms with van der Waals surface area (Å²) in [5.41, 5.74) is 5.57. The van der Waals surface area contributed by atoms with E-state index in [1.807, 2.05) is 6.92 Å². The van der Waals surface area contributed by atoms with Gasteiger partial charge in [-0.15, -0.1) is 0 Å². The number of carbonyl (C=O) groups excluding carboxylic acids is 2. The first kappa shape index (κ1) is 28.5. The number of anilines is 1. The van der Waals surface area contributed by atoms with Crippen molar-refractivity contribution in [3.05, 3.63) is 47.5 Å². The van der Waals surface area contributed by atoms with Crippen molar-refractivity contribution >= 4 is 47.9 Å². The van der Waals surface area contributed by atoms with Crippen molar-refractivity contribution in [2.45, 2.75) is 52.3 Å². The Labute approximate surface area is 219 Å². The van der Waals surface area contributed by atoms with E-state index in [1.165, 1.54) is 26.2 Å². The molecule has 2 atom stereocenters. The second kappa shape index (κ2) is 12.0. The summed E-state index contributed by atoms with van der Waals surface area (Å²) in [6.45, 7) is 7.17. The number of nitrogens with two attached hydrogens (primary N) is 1. The molecule has 0 fully saturated rings. The number of aromatic nitrogens is 4. The van der Waals surface area contributed by atoms with Crippen LogP contribution in [0.3, 0.4) is 0 Å². The van der Waals surface area contributed by atoms with Gasteiger partial charge in [0.15, 0.2) is 11.5 Å². The first-order valence-electron chi connectivity index (χ1n) is 11.6. The molecule has 1 amide bonds. The number of esters is 1. The van der Waals surface area contributed by atoms with Crippen LogP contribution in [0.4, 0.5) is 5.82 Å². The van der Waals surface area contributed by atoms with Gasteiger partial charge in [-0.3, -0.25) is 19.2 Å². The zero-order chi connectivity index (χ0) is 27.2. The topological polar surface area (TPSA) is 163 Å². The molecule has 1 unspecified atom stereocenters. The van der Waals surface area contributed by atoms with E-state index in [4.69, 9.17) is 26.8 Å². The first-order valence-corrected chi connectivity index (χ1v) is 13.9. The molecular weight excluding hydrogens is 521 g/mol. The summed E-state index contributed by atoms with van der Waals surface area (Å²) in [5, 5.41) is 5.47. The highest BCUT2D eigenvalue weighted by molar-refractivity contribution is 7.60. The summed E-state index contributed by atoms with van der Waals surface area (Å²) in [6.07, 6.45) is 2.61. The van der Waals surface area contributed by atoms with Crippen molar-refractivity contribution in [2.24, 2.45) is 0 Å². The van der Waals surface area contributed by atoms with Crippen molar-refractivity contribution in [1.29, 1.82) is 0 Å². The molecule has 0 radical (unpaired) electrons. The molecule has 0 spiro atoms. The number of nitrogens with one attached hydrogen (secondary N) is 2. The number of hydrogen-bond acceptors (Lipinski definition) is 9. The van der Waals surface area contributed by atoms with E-state index in [1.54, 1.807) is 36.0 Å². The van der Waals surface area contributed by atoms with E-state index in [-0.39, 0.29) is 23.0 Å². The van der Waals surface area contributed by atoms with Crippen LogP contribution in [0.1, 0.15) is 44.5 Å². The Morgan fingerprint density at radius 3 is 2.68 bits per heavy atom. The lowest BCUT2D eigenvalue weighted by atomic mass is 10.1. The molecule has 4 N–H and O–H groups in total. The van der Waals surface area contributed by atoms with Gasteiger partial charge in [0.25, 0.3) is 13.4 Å². The standard InChI is InChI=1S/C23H31ClN7O5P/c1-5-10-35-22(33)23(3,4)30-37(34,29-21(32)16-8-6-7-9-17(16)24)14-36-15(2)11-31-13-28-18-19(25)26-12-27-20(18)31/h6-9,12-13,15H,5,10-11,14H2,1-4H3,(H2,25,26,27)(H2,29,30,32,34)/t15-,37?/m0/s1. The highest BCUT2D eigenvalue weighted by Gasteiger charge is 2.39. The third-order valence-electron chi connectivity index (χ3n) is 5.23. The van der Waals surface area contributed by atoms with Crippen molar-refractivity contribution in [3.8, 4) is 0 Å². The summed E-state index contributed by atoms with van der Waals surface area (Å²) in [5.74, 6) is -1.04. The zero-order valence-corrected chi connectivity index (χ0v) is 22.8. The van der Waals surface area contributed by atoms with Crippen LogP contribution in [0, 0.1) is 0 Å². The number of amides is 1. The average Bonchev–Trinajstić information content (AvgIpc) is 3.25. The van der Waals surface area contributed by atoms with Gasteiger partial charge in [-0.1, -0.05) is 30.7 Å². The van der Waals surface area contributed by atoms with Gasteiger partial charge in [0, 0.05) is 0 Å². The third kappa shape index (κ3) is 7.26. The largest absolute Gasteiger partial charge is 0.464 e. The zero-order valence-electron chi connectivity index (χ0n) is 21.1. The summed E-state index contributed by atoms with van der Waals surface area (Å²) in [6, 6.07) is 6.36. The fourth-order valence-electron chi connectivity index (χ4n) is 3.43. The number of ether oxygens (including phenoxy) is 2. The van der Waals surface area contributed by atoms with Crippen LogP contribution in [0.2, 0.25) is 5.02 Å². The quantitative estimate of drug-likeness (QED) is 0.224. The van der Waals surface area contributed by atoms with E-state index in [0.29, 0.717) is 24.1 Å². The number of fused-ring (bicyclic) bond motifs is 1. The Balaban J connectivity index is 1.78. The maximum atomic E-state index is 14.0. The minimum Gasteiger partial charge on any atom is -0.464 e. The maximum Gasteiger partial charge on any atom is 0.326 e. The lowest BCUT2D eigenvalue weighted by molar-refractivity contribution is -0.149. The minimum absolute atomic E-state index is 0.132. The molecule has 3 aromatic rings. The summed E-state index contributed by atoms with van der Waals surface area (Å²) < 4.78 is 26.8. The van der Waals surface area contributed by atoms with Crippen molar-refractivity contribution in [2.75, 3.05) is 18.7 Å². The number of carbonyl (C=O) groups is 2. The van der Waals surface area contributed by atoms with Crippen molar-refractivity contribution in [3.63, 3.8) is 0 Å². The summed E-state index contributed by atoms with van der Waals surface area (Å²) >= 11 is 6.15. The fourth-order valence-corrected chi connectivity index (χ4v) is 5.74. The molecule has 0 bridgehead atoms. The Bertz CT molecular complexity index is 1320. The SMILES string of the molecule is CCCOC(=O)C(C)(C)NP(=O)(CO[C@@H](C)Cn1cnc2c(N)ncnc21)NC(=O)c1ccccc1Cl. The predicted molar refractivity (Wildman–Crippen MR) is 140 cm³/mol. The maximum absolute atomic E-state index is 14.0. The Morgan fingerprint density at radius 1 is 1.24 bits per heavy atom.